The van der Waals surface area contributed by atoms with Crippen molar-refractivity contribution in [2.24, 2.45) is 5.92 Å². The Hall–Kier alpha value is -2.48. The Labute approximate surface area is 188 Å². The van der Waals surface area contributed by atoms with Crippen molar-refractivity contribution in [3.05, 3.63) is 34.0 Å². The van der Waals surface area contributed by atoms with E-state index in [1.807, 2.05) is 0 Å². The van der Waals surface area contributed by atoms with Gasteiger partial charge >= 0.3 is 0 Å². The maximum absolute atomic E-state index is 12.7. The van der Waals surface area contributed by atoms with Gasteiger partial charge in [-0.05, 0) is 50.5 Å². The molecule has 2 atom stereocenters. The number of H-pyrrole nitrogens is 1. The van der Waals surface area contributed by atoms with Crippen molar-refractivity contribution < 1.29 is 9.53 Å². The SMILES string of the molecule is CCCCCNC(=O)C1CCCCC1OCc1cc(=O)n2nc(C3=CCCCC3)nc2[nH]1. The fraction of sp³-hybridized carbons (Fsp3) is 0.667. The van der Waals surface area contributed by atoms with Crippen LogP contribution < -0.4 is 10.9 Å². The van der Waals surface area contributed by atoms with Gasteiger partial charge in [0.15, 0.2) is 5.82 Å². The average Bonchev–Trinajstić information content (AvgIpc) is 3.26. The van der Waals surface area contributed by atoms with Crippen LogP contribution in [0.5, 0.6) is 0 Å². The molecule has 0 aliphatic heterocycles. The molecule has 32 heavy (non-hydrogen) atoms. The molecule has 4 rings (SSSR count). The van der Waals surface area contributed by atoms with Crippen molar-refractivity contribution in [2.45, 2.75) is 90.3 Å². The molecule has 8 heteroatoms. The molecule has 2 heterocycles. The van der Waals surface area contributed by atoms with Gasteiger partial charge < -0.3 is 15.0 Å². The monoisotopic (exact) mass is 441 g/mol. The number of rotatable bonds is 9. The second-order valence-electron chi connectivity index (χ2n) is 9.02. The lowest BCUT2D eigenvalue weighted by atomic mass is 9.85. The number of amides is 1. The maximum Gasteiger partial charge on any atom is 0.275 e. The topological polar surface area (TPSA) is 101 Å². The number of hydrogen-bond donors (Lipinski definition) is 2. The van der Waals surface area contributed by atoms with Gasteiger partial charge in [0.05, 0.1) is 18.6 Å². The van der Waals surface area contributed by atoms with E-state index in [1.165, 1.54) is 17.0 Å². The molecule has 2 unspecified atom stereocenters. The van der Waals surface area contributed by atoms with E-state index in [2.05, 4.69) is 33.4 Å². The van der Waals surface area contributed by atoms with Crippen LogP contribution in [-0.4, -0.2) is 38.1 Å². The van der Waals surface area contributed by atoms with Crippen LogP contribution in [0.2, 0.25) is 0 Å². The highest BCUT2D eigenvalue weighted by atomic mass is 16.5. The molecule has 1 saturated carbocycles. The quantitative estimate of drug-likeness (QED) is 0.577. The normalized spacial score (nSPS) is 21.5. The Morgan fingerprint density at radius 3 is 2.94 bits per heavy atom. The fourth-order valence-corrected chi connectivity index (χ4v) is 4.70. The highest BCUT2D eigenvalue weighted by Gasteiger charge is 2.31. The molecule has 0 aromatic carbocycles. The molecule has 174 valence electrons. The molecule has 8 nitrogen and oxygen atoms in total. The van der Waals surface area contributed by atoms with Crippen LogP contribution in [0.3, 0.4) is 0 Å². The molecule has 2 aliphatic carbocycles. The third kappa shape index (κ3) is 5.46. The number of carbonyl (C=O) groups is 1. The summed E-state index contributed by atoms with van der Waals surface area (Å²) in [6.45, 7) is 3.13. The van der Waals surface area contributed by atoms with Crippen LogP contribution in [0.1, 0.15) is 89.1 Å². The van der Waals surface area contributed by atoms with Gasteiger partial charge in [0.1, 0.15) is 0 Å². The van der Waals surface area contributed by atoms with E-state index < -0.39 is 0 Å². The average molecular weight is 442 g/mol. The van der Waals surface area contributed by atoms with Crippen molar-refractivity contribution in [1.29, 1.82) is 0 Å². The smallest absolute Gasteiger partial charge is 0.275 e. The lowest BCUT2D eigenvalue weighted by Crippen LogP contribution is -2.41. The highest BCUT2D eigenvalue weighted by molar-refractivity contribution is 5.79. The maximum atomic E-state index is 12.7. The Morgan fingerprint density at radius 2 is 2.12 bits per heavy atom. The first-order valence-corrected chi connectivity index (χ1v) is 12.2. The first kappa shape index (κ1) is 22.7. The fourth-order valence-electron chi connectivity index (χ4n) is 4.70. The zero-order valence-electron chi connectivity index (χ0n) is 19.1. The first-order valence-electron chi connectivity index (χ1n) is 12.2. The molecule has 2 N–H and O–H groups in total. The summed E-state index contributed by atoms with van der Waals surface area (Å²) in [5, 5.41) is 7.48. The summed E-state index contributed by atoms with van der Waals surface area (Å²) in [6.07, 6.45) is 13.4. The second-order valence-corrected chi connectivity index (χ2v) is 9.02. The number of aromatic amines is 1. The van der Waals surface area contributed by atoms with Gasteiger partial charge in [-0.3, -0.25) is 9.59 Å². The Kier molecular flexibility index (Phi) is 7.73. The molecule has 1 amide bonds. The van der Waals surface area contributed by atoms with Gasteiger partial charge in [0.25, 0.3) is 5.56 Å². The van der Waals surface area contributed by atoms with E-state index in [0.717, 1.165) is 76.3 Å². The van der Waals surface area contributed by atoms with E-state index in [0.29, 0.717) is 17.3 Å². The number of unbranched alkanes of at least 4 members (excludes halogenated alkanes) is 2. The van der Waals surface area contributed by atoms with Crippen LogP contribution in [0.15, 0.2) is 16.9 Å². The number of aromatic nitrogens is 4. The minimum Gasteiger partial charge on any atom is -0.371 e. The van der Waals surface area contributed by atoms with Crippen LogP contribution in [0.25, 0.3) is 11.4 Å². The standard InChI is InChI=1S/C24H35N5O3/c1-2-3-9-14-25-23(31)19-12-7-8-13-20(19)32-16-18-15-21(30)29-24(26-18)27-22(28-29)17-10-5-4-6-11-17/h10,15,19-20H,2-9,11-14,16H2,1H3,(H,25,31)(H,26,27,28). The summed E-state index contributed by atoms with van der Waals surface area (Å²) in [5.41, 5.74) is 1.55. The predicted molar refractivity (Wildman–Crippen MR) is 123 cm³/mol. The third-order valence-electron chi connectivity index (χ3n) is 6.54. The summed E-state index contributed by atoms with van der Waals surface area (Å²) in [6, 6.07) is 1.52. The largest absolute Gasteiger partial charge is 0.371 e. The molecule has 0 saturated heterocycles. The minimum absolute atomic E-state index is 0.0950. The summed E-state index contributed by atoms with van der Waals surface area (Å²) >= 11 is 0. The molecule has 0 radical (unpaired) electrons. The third-order valence-corrected chi connectivity index (χ3v) is 6.54. The molecule has 2 aromatic heterocycles. The van der Waals surface area contributed by atoms with E-state index >= 15 is 0 Å². The van der Waals surface area contributed by atoms with Gasteiger partial charge in [0.2, 0.25) is 11.7 Å². The zero-order chi connectivity index (χ0) is 22.3. The van der Waals surface area contributed by atoms with Crippen LogP contribution in [0.4, 0.5) is 0 Å². The Bertz CT molecular complexity index is 1010. The van der Waals surface area contributed by atoms with Gasteiger partial charge in [-0.2, -0.15) is 9.50 Å². The number of fused-ring (bicyclic) bond motifs is 1. The van der Waals surface area contributed by atoms with Crippen molar-refractivity contribution in [2.75, 3.05) is 6.54 Å². The van der Waals surface area contributed by atoms with E-state index in [-0.39, 0.29) is 30.1 Å². The number of hydrogen-bond acceptors (Lipinski definition) is 5. The van der Waals surface area contributed by atoms with Gasteiger partial charge in [-0.1, -0.05) is 38.7 Å². The Balaban J connectivity index is 1.41. The number of allylic oxidation sites excluding steroid dienone is 2. The van der Waals surface area contributed by atoms with Gasteiger partial charge in [-0.25, -0.2) is 0 Å². The van der Waals surface area contributed by atoms with Crippen LogP contribution in [0, 0.1) is 5.92 Å². The highest BCUT2D eigenvalue weighted by Crippen LogP contribution is 2.28. The number of nitrogens with zero attached hydrogens (tertiary/aromatic N) is 3. The molecule has 1 fully saturated rings. The van der Waals surface area contributed by atoms with E-state index in [9.17, 15) is 9.59 Å². The lowest BCUT2D eigenvalue weighted by Gasteiger charge is -2.30. The summed E-state index contributed by atoms with van der Waals surface area (Å²) in [4.78, 5) is 33.0. The van der Waals surface area contributed by atoms with Crippen LogP contribution >= 0.6 is 0 Å². The van der Waals surface area contributed by atoms with Gasteiger partial charge in [-0.15, -0.1) is 5.10 Å². The van der Waals surface area contributed by atoms with Gasteiger partial charge in [0, 0.05) is 18.3 Å². The van der Waals surface area contributed by atoms with Crippen molar-refractivity contribution >= 4 is 17.3 Å². The molecule has 2 aliphatic rings. The second kappa shape index (κ2) is 10.9. The minimum atomic E-state index is -0.221. The Morgan fingerprint density at radius 1 is 1.25 bits per heavy atom. The van der Waals surface area contributed by atoms with Crippen molar-refractivity contribution in [1.82, 2.24) is 24.9 Å². The van der Waals surface area contributed by atoms with Crippen LogP contribution in [-0.2, 0) is 16.1 Å². The number of carbonyl (C=O) groups excluding carboxylic acids is 1. The van der Waals surface area contributed by atoms with E-state index in [1.54, 1.807) is 0 Å². The lowest BCUT2D eigenvalue weighted by molar-refractivity contribution is -0.133. The van der Waals surface area contributed by atoms with Crippen molar-refractivity contribution in [3.63, 3.8) is 0 Å². The zero-order valence-corrected chi connectivity index (χ0v) is 19.1. The number of ether oxygens (including phenoxy) is 1. The summed E-state index contributed by atoms with van der Waals surface area (Å²) < 4.78 is 7.48. The molecule has 2 aromatic rings. The molecular weight excluding hydrogens is 406 g/mol. The first-order chi connectivity index (χ1) is 15.7. The molecule has 0 bridgehead atoms. The molecule has 0 spiro atoms. The molecular formula is C24H35N5O3. The number of nitrogens with one attached hydrogen (secondary N) is 2. The summed E-state index contributed by atoms with van der Waals surface area (Å²) in [7, 11) is 0. The van der Waals surface area contributed by atoms with E-state index in [4.69, 9.17) is 4.74 Å². The van der Waals surface area contributed by atoms with Crippen molar-refractivity contribution in [3.8, 4) is 0 Å². The predicted octanol–water partition coefficient (Wildman–Crippen LogP) is 3.76. The summed E-state index contributed by atoms with van der Waals surface area (Å²) in [5.74, 6) is 1.03.